The molecule has 1 aliphatic heterocycles. The lowest BCUT2D eigenvalue weighted by molar-refractivity contribution is -0.137. The van der Waals surface area contributed by atoms with E-state index in [4.69, 9.17) is 13.4 Å². The number of pyridine rings is 1. The van der Waals surface area contributed by atoms with E-state index in [9.17, 15) is 13.2 Å². The van der Waals surface area contributed by atoms with Gasteiger partial charge in [0.05, 0.1) is 26.5 Å². The molecule has 104 valence electrons. The van der Waals surface area contributed by atoms with Gasteiger partial charge >= 0.3 is 13.3 Å². The first-order chi connectivity index (χ1) is 9.78. The summed E-state index contributed by atoms with van der Waals surface area (Å²) in [6, 6.07) is -1.85. The first-order valence-electron chi connectivity index (χ1n) is 7.18. The van der Waals surface area contributed by atoms with Gasteiger partial charge in [0.15, 0.2) is 0 Å². The number of hydrogen-bond donors (Lipinski definition) is 0. The molecular formula is C12H15BF3NO2. The van der Waals surface area contributed by atoms with E-state index in [0.29, 0.717) is 0 Å². The predicted molar refractivity (Wildman–Crippen MR) is 65.0 cm³/mol. The van der Waals surface area contributed by atoms with Crippen LogP contribution in [0.15, 0.2) is 18.3 Å². The molecule has 0 saturated carbocycles. The minimum Gasteiger partial charge on any atom is -0.398 e. The summed E-state index contributed by atoms with van der Waals surface area (Å²) in [6.45, 7) is 6.96. The van der Waals surface area contributed by atoms with Crippen LogP contribution in [0.5, 0.6) is 0 Å². The van der Waals surface area contributed by atoms with Crippen molar-refractivity contribution >= 4 is 12.7 Å². The lowest BCUT2D eigenvalue weighted by atomic mass is 9.84. The molecule has 0 aliphatic carbocycles. The van der Waals surface area contributed by atoms with E-state index in [1.54, 1.807) is 27.7 Å². The molecule has 0 N–H and O–H groups in total. The number of nitrogens with zero attached hydrogens (tertiary/aromatic N) is 1. The van der Waals surface area contributed by atoms with Crippen LogP contribution in [0.2, 0.25) is 0 Å². The Kier molecular flexibility index (Phi) is 2.37. The van der Waals surface area contributed by atoms with Crippen LogP contribution in [0, 0.1) is 0 Å². The van der Waals surface area contributed by atoms with Crippen molar-refractivity contribution in [2.24, 2.45) is 0 Å². The molecule has 7 heteroatoms. The number of alkyl halides is 3. The number of aromatic nitrogens is 1. The average Bonchev–Trinajstić information content (AvgIpc) is 2.51. The zero-order valence-corrected chi connectivity index (χ0v) is 11.0. The largest absolute Gasteiger partial charge is 0.514 e. The minimum absolute atomic E-state index is 0.290. The molecule has 1 saturated heterocycles. The second-order valence-electron chi connectivity index (χ2n) is 5.32. The molecule has 0 unspecified atom stereocenters. The quantitative estimate of drug-likeness (QED) is 0.738. The number of rotatable bonds is 1. The molecular weight excluding hydrogens is 258 g/mol. The zero-order valence-electron chi connectivity index (χ0n) is 14.0. The minimum atomic E-state index is -4.91. The van der Waals surface area contributed by atoms with Gasteiger partial charge in [-0.05, 0) is 39.8 Å². The molecule has 19 heavy (non-hydrogen) atoms. The molecule has 0 aromatic carbocycles. The maximum absolute atomic E-state index is 12.8. The van der Waals surface area contributed by atoms with Gasteiger partial charge in [-0.2, -0.15) is 13.2 Å². The Balaban J connectivity index is 2.52. The van der Waals surface area contributed by atoms with Crippen LogP contribution in [0.1, 0.15) is 37.4 Å². The predicted octanol–water partition coefficient (Wildman–Crippen LogP) is 2.40. The first kappa shape index (κ1) is 10.7. The van der Waals surface area contributed by atoms with Gasteiger partial charge in [-0.3, -0.25) is 4.98 Å². The van der Waals surface area contributed by atoms with Gasteiger partial charge in [-0.1, -0.05) is 0 Å². The van der Waals surface area contributed by atoms with Crippen LogP contribution in [0.25, 0.3) is 0 Å². The van der Waals surface area contributed by atoms with E-state index in [1.165, 1.54) is 0 Å². The zero-order chi connectivity index (χ0) is 17.1. The van der Waals surface area contributed by atoms with Crippen molar-refractivity contribution in [1.29, 1.82) is 0 Å². The van der Waals surface area contributed by atoms with Crippen molar-refractivity contribution in [3.8, 4) is 0 Å². The maximum Gasteiger partial charge on any atom is 0.514 e. The van der Waals surface area contributed by atoms with Crippen molar-refractivity contribution in [2.45, 2.75) is 45.1 Å². The third-order valence-corrected chi connectivity index (χ3v) is 3.36. The number of halogens is 3. The highest BCUT2D eigenvalue weighted by Crippen LogP contribution is 2.36. The SMILES string of the molecule is [2H]c1nc(B2OC(C)(C)C(C)(C)O2)c([2H])c([2H])c1C(F)(F)F. The van der Waals surface area contributed by atoms with E-state index in [1.807, 2.05) is 0 Å². The fourth-order valence-corrected chi connectivity index (χ4v) is 1.50. The summed E-state index contributed by atoms with van der Waals surface area (Å²) in [4.78, 5) is 3.50. The summed E-state index contributed by atoms with van der Waals surface area (Å²) in [5.41, 5.74) is -3.35. The fraction of sp³-hybridized carbons (Fsp3) is 0.583. The third-order valence-electron chi connectivity index (χ3n) is 3.36. The molecule has 1 aromatic heterocycles. The second-order valence-corrected chi connectivity index (χ2v) is 5.32. The van der Waals surface area contributed by atoms with Crippen molar-refractivity contribution in [1.82, 2.24) is 4.98 Å². The van der Waals surface area contributed by atoms with Gasteiger partial charge in [0.2, 0.25) is 0 Å². The summed E-state index contributed by atoms with van der Waals surface area (Å²) in [7, 11) is -1.19. The molecule has 0 radical (unpaired) electrons. The Morgan fingerprint density at radius 3 is 2.16 bits per heavy atom. The Bertz CT molecular complexity index is 607. The van der Waals surface area contributed by atoms with Crippen molar-refractivity contribution in [3.05, 3.63) is 23.8 Å². The normalized spacial score (nSPS) is 23.9. The van der Waals surface area contributed by atoms with Crippen LogP contribution >= 0.6 is 0 Å². The summed E-state index contributed by atoms with van der Waals surface area (Å²) in [5, 5.41) is 0. The molecule has 0 amide bonds. The summed E-state index contributed by atoms with van der Waals surface area (Å²) in [5.74, 6) is 0. The molecule has 0 spiro atoms. The average molecular weight is 276 g/mol. The molecule has 0 bridgehead atoms. The van der Waals surface area contributed by atoms with Gasteiger partial charge in [-0.15, -0.1) is 0 Å². The lowest BCUT2D eigenvalue weighted by Crippen LogP contribution is -2.41. The summed E-state index contributed by atoms with van der Waals surface area (Å²) >= 11 is 0. The Labute approximate surface area is 114 Å². The van der Waals surface area contributed by atoms with E-state index in [-0.39, 0.29) is 5.59 Å². The summed E-state index contributed by atoms with van der Waals surface area (Å²) in [6.07, 6.45) is -6.02. The van der Waals surface area contributed by atoms with Gasteiger partial charge in [0, 0.05) is 6.17 Å². The van der Waals surface area contributed by atoms with Gasteiger partial charge in [-0.25, -0.2) is 0 Å². The highest BCUT2D eigenvalue weighted by Gasteiger charge is 2.52. The monoisotopic (exact) mass is 276 g/mol. The van der Waals surface area contributed by atoms with E-state index < -0.39 is 48.3 Å². The van der Waals surface area contributed by atoms with Crippen molar-refractivity contribution in [2.75, 3.05) is 0 Å². The summed E-state index contributed by atoms with van der Waals surface area (Å²) < 4.78 is 72.4. The van der Waals surface area contributed by atoms with Gasteiger partial charge in [0.25, 0.3) is 0 Å². The smallest absolute Gasteiger partial charge is 0.398 e. The molecule has 1 aliphatic rings. The van der Waals surface area contributed by atoms with Crippen LogP contribution in [-0.2, 0) is 15.5 Å². The maximum atomic E-state index is 12.8. The fourth-order valence-electron chi connectivity index (χ4n) is 1.50. The topological polar surface area (TPSA) is 31.4 Å². The molecule has 0 atom stereocenters. The third kappa shape index (κ3) is 2.62. The van der Waals surface area contributed by atoms with Crippen LogP contribution in [0.3, 0.4) is 0 Å². The van der Waals surface area contributed by atoms with Gasteiger partial charge < -0.3 is 9.31 Å². The van der Waals surface area contributed by atoms with Gasteiger partial charge in [0.1, 0.15) is 0 Å². The molecule has 2 heterocycles. The van der Waals surface area contributed by atoms with E-state index in [2.05, 4.69) is 4.98 Å². The highest BCUT2D eigenvalue weighted by molar-refractivity contribution is 6.61. The van der Waals surface area contributed by atoms with E-state index in [0.717, 1.165) is 0 Å². The molecule has 1 fully saturated rings. The van der Waals surface area contributed by atoms with Crippen LogP contribution in [0.4, 0.5) is 13.2 Å². The Hall–Kier alpha value is -1.08. The lowest BCUT2D eigenvalue weighted by Gasteiger charge is -2.32. The number of hydrogen-bond acceptors (Lipinski definition) is 3. The molecule has 1 aromatic rings. The standard InChI is InChI=1S/C12H15BF3NO2/c1-10(2)11(3,4)19-13(18-10)9-6-5-8(7-17-9)12(14,15)16/h5-7H,1-4H3/i5D,6D,7D. The Morgan fingerprint density at radius 2 is 1.68 bits per heavy atom. The first-order valence-corrected chi connectivity index (χ1v) is 5.68. The van der Waals surface area contributed by atoms with Crippen molar-refractivity contribution < 1.29 is 26.6 Å². The highest BCUT2D eigenvalue weighted by atomic mass is 19.4. The van der Waals surface area contributed by atoms with Crippen LogP contribution in [-0.4, -0.2) is 23.3 Å². The molecule has 3 nitrogen and oxygen atoms in total. The molecule has 2 rings (SSSR count). The van der Waals surface area contributed by atoms with E-state index >= 15 is 0 Å². The van der Waals surface area contributed by atoms with Crippen LogP contribution < -0.4 is 5.59 Å². The second kappa shape index (κ2) is 4.21. The van der Waals surface area contributed by atoms with Crippen molar-refractivity contribution in [3.63, 3.8) is 0 Å². The Morgan fingerprint density at radius 1 is 1.16 bits per heavy atom.